The average molecular weight is 681 g/mol. The first-order chi connectivity index (χ1) is 25.7. The van der Waals surface area contributed by atoms with Gasteiger partial charge in [0.2, 0.25) is 0 Å². The van der Waals surface area contributed by atoms with E-state index in [2.05, 4.69) is 97.1 Å². The molecule has 2 heterocycles. The zero-order chi connectivity index (χ0) is 34.6. The fraction of sp³-hybridized carbons (Fsp3) is 0.0213. The molecular formula is C47H28N4S. The SMILES string of the molecule is N#Cc1cccc(-c2ccc3c(c2)C2(c4ccccc4Sc4ccccc42)c2cc(-c4nc(-c5ccccc5)nc(-c5ccccc5)n4)ccc2-3)c1. The number of nitrogens with zero attached hydrogens (tertiary/aromatic N) is 4. The monoisotopic (exact) mass is 680 g/mol. The van der Waals surface area contributed by atoms with Crippen LogP contribution in [0.25, 0.3) is 56.4 Å². The van der Waals surface area contributed by atoms with Crippen molar-refractivity contribution in [2.24, 2.45) is 0 Å². The first-order valence-corrected chi connectivity index (χ1v) is 18.1. The van der Waals surface area contributed by atoms with Crippen LogP contribution in [0, 0.1) is 11.3 Å². The quantitative estimate of drug-likeness (QED) is 0.185. The lowest BCUT2D eigenvalue weighted by molar-refractivity contribution is 0.722. The Balaban J connectivity index is 1.25. The molecule has 0 N–H and O–H groups in total. The van der Waals surface area contributed by atoms with Crippen molar-refractivity contribution in [3.63, 3.8) is 0 Å². The molecule has 1 aliphatic carbocycles. The Morgan fingerprint density at radius 2 is 0.865 bits per heavy atom. The summed E-state index contributed by atoms with van der Waals surface area (Å²) >= 11 is 1.83. The lowest BCUT2D eigenvalue weighted by atomic mass is 9.67. The topological polar surface area (TPSA) is 62.5 Å². The van der Waals surface area contributed by atoms with E-state index in [0.717, 1.165) is 27.8 Å². The molecule has 0 atom stereocenters. The lowest BCUT2D eigenvalue weighted by Crippen LogP contribution is -2.32. The van der Waals surface area contributed by atoms with Crippen molar-refractivity contribution in [3.05, 3.63) is 198 Å². The summed E-state index contributed by atoms with van der Waals surface area (Å²) < 4.78 is 0. The highest BCUT2D eigenvalue weighted by Gasteiger charge is 2.50. The van der Waals surface area contributed by atoms with Crippen molar-refractivity contribution in [2.75, 3.05) is 0 Å². The van der Waals surface area contributed by atoms with E-state index in [4.69, 9.17) is 15.0 Å². The molecule has 1 spiro atoms. The third-order valence-corrected chi connectivity index (χ3v) is 11.4. The molecule has 7 aromatic carbocycles. The average Bonchev–Trinajstić information content (AvgIpc) is 3.50. The van der Waals surface area contributed by atoms with Crippen LogP contribution in [0.15, 0.2) is 180 Å². The van der Waals surface area contributed by atoms with E-state index in [-0.39, 0.29) is 0 Å². The van der Waals surface area contributed by atoms with E-state index in [1.54, 1.807) is 0 Å². The van der Waals surface area contributed by atoms with Crippen LogP contribution in [0.4, 0.5) is 0 Å². The van der Waals surface area contributed by atoms with Gasteiger partial charge in [-0.15, -0.1) is 0 Å². The van der Waals surface area contributed by atoms with Crippen LogP contribution in [-0.2, 0) is 5.41 Å². The minimum Gasteiger partial charge on any atom is -0.208 e. The van der Waals surface area contributed by atoms with Crippen molar-refractivity contribution in [1.82, 2.24) is 15.0 Å². The van der Waals surface area contributed by atoms with E-state index in [9.17, 15) is 5.26 Å². The van der Waals surface area contributed by atoms with Gasteiger partial charge in [-0.3, -0.25) is 0 Å². The number of nitriles is 1. The van der Waals surface area contributed by atoms with Gasteiger partial charge in [0.05, 0.1) is 17.0 Å². The van der Waals surface area contributed by atoms with Crippen LogP contribution in [0.3, 0.4) is 0 Å². The van der Waals surface area contributed by atoms with Crippen LogP contribution in [0.2, 0.25) is 0 Å². The third kappa shape index (κ3) is 4.66. The first kappa shape index (κ1) is 30.2. The molecule has 242 valence electrons. The number of hydrogen-bond acceptors (Lipinski definition) is 5. The second-order valence-electron chi connectivity index (χ2n) is 13.1. The van der Waals surface area contributed by atoms with Crippen molar-refractivity contribution >= 4 is 11.8 Å². The molecule has 0 radical (unpaired) electrons. The maximum atomic E-state index is 9.72. The molecule has 5 heteroatoms. The molecule has 0 saturated heterocycles. The van der Waals surface area contributed by atoms with Crippen molar-refractivity contribution in [2.45, 2.75) is 15.2 Å². The fourth-order valence-electron chi connectivity index (χ4n) is 7.92. The van der Waals surface area contributed by atoms with Gasteiger partial charge in [-0.05, 0) is 80.9 Å². The highest BCUT2D eigenvalue weighted by molar-refractivity contribution is 7.99. The Bertz CT molecular complexity index is 2630. The van der Waals surface area contributed by atoms with Crippen LogP contribution in [0.1, 0.15) is 27.8 Å². The van der Waals surface area contributed by atoms with Crippen LogP contribution < -0.4 is 0 Å². The number of fused-ring (bicyclic) bond motifs is 9. The zero-order valence-corrected chi connectivity index (χ0v) is 28.7. The summed E-state index contributed by atoms with van der Waals surface area (Å²) in [5, 5.41) is 9.72. The van der Waals surface area contributed by atoms with Crippen molar-refractivity contribution in [3.8, 4) is 62.5 Å². The van der Waals surface area contributed by atoms with Gasteiger partial charge in [0.1, 0.15) is 0 Å². The summed E-state index contributed by atoms with van der Waals surface area (Å²) in [4.78, 5) is 17.7. The summed E-state index contributed by atoms with van der Waals surface area (Å²) in [7, 11) is 0. The number of benzene rings is 7. The van der Waals surface area contributed by atoms with Gasteiger partial charge in [0.15, 0.2) is 17.5 Å². The summed E-state index contributed by atoms with van der Waals surface area (Å²) in [5.41, 5.74) is 12.3. The van der Waals surface area contributed by atoms with E-state index >= 15 is 0 Å². The molecule has 0 unspecified atom stereocenters. The van der Waals surface area contributed by atoms with E-state index in [0.29, 0.717) is 23.0 Å². The Labute approximate surface area is 306 Å². The van der Waals surface area contributed by atoms with Crippen LogP contribution >= 0.6 is 11.8 Å². The molecule has 0 fully saturated rings. The molecule has 2 aliphatic rings. The fourth-order valence-corrected chi connectivity index (χ4v) is 9.12. The molecule has 1 aromatic heterocycles. The van der Waals surface area contributed by atoms with Gasteiger partial charge in [-0.25, -0.2) is 15.0 Å². The number of aromatic nitrogens is 3. The predicted molar refractivity (Wildman–Crippen MR) is 208 cm³/mol. The third-order valence-electron chi connectivity index (χ3n) is 10.2. The molecule has 1 aliphatic heterocycles. The van der Waals surface area contributed by atoms with Crippen molar-refractivity contribution in [1.29, 1.82) is 5.26 Å². The Morgan fingerprint density at radius 1 is 0.404 bits per heavy atom. The smallest absolute Gasteiger partial charge is 0.164 e. The molecule has 0 bridgehead atoms. The van der Waals surface area contributed by atoms with Gasteiger partial charge in [0.25, 0.3) is 0 Å². The lowest BCUT2D eigenvalue weighted by Gasteiger charge is -2.39. The number of rotatable bonds is 4. The summed E-state index contributed by atoms with van der Waals surface area (Å²) in [6, 6.07) is 61.5. The molecular weight excluding hydrogens is 653 g/mol. The molecule has 52 heavy (non-hydrogen) atoms. The second-order valence-corrected chi connectivity index (χ2v) is 14.2. The van der Waals surface area contributed by atoms with Crippen molar-refractivity contribution < 1.29 is 0 Å². The van der Waals surface area contributed by atoms with Gasteiger partial charge >= 0.3 is 0 Å². The standard InChI is InChI=1S/C47H28N4S/c48-29-30-12-11-17-33(26-30)34-22-24-36-37-25-23-35(46-50-44(31-13-3-1-4-14-31)49-45(51-46)32-15-5-2-6-16-32)28-41(37)47(40(36)27-34)38-18-7-9-20-42(38)52-43-21-10-8-19-39(43)47/h1-28H. The van der Waals surface area contributed by atoms with Crippen LogP contribution in [-0.4, -0.2) is 15.0 Å². The van der Waals surface area contributed by atoms with E-state index in [1.165, 1.54) is 43.2 Å². The van der Waals surface area contributed by atoms with Gasteiger partial charge in [-0.1, -0.05) is 145 Å². The van der Waals surface area contributed by atoms with E-state index in [1.807, 2.05) is 90.6 Å². The Morgan fingerprint density at radius 3 is 1.44 bits per heavy atom. The maximum absolute atomic E-state index is 9.72. The minimum atomic E-state index is -0.598. The molecule has 8 aromatic rings. The minimum absolute atomic E-state index is 0.598. The van der Waals surface area contributed by atoms with Gasteiger partial charge in [-0.2, -0.15) is 5.26 Å². The van der Waals surface area contributed by atoms with Gasteiger partial charge in [0, 0.05) is 26.5 Å². The summed E-state index contributed by atoms with van der Waals surface area (Å²) in [6.07, 6.45) is 0. The highest BCUT2D eigenvalue weighted by atomic mass is 32.2. The van der Waals surface area contributed by atoms with Gasteiger partial charge < -0.3 is 0 Å². The van der Waals surface area contributed by atoms with Crippen LogP contribution in [0.5, 0.6) is 0 Å². The largest absolute Gasteiger partial charge is 0.208 e. The summed E-state index contributed by atoms with van der Waals surface area (Å²) in [6.45, 7) is 0. The molecule has 0 saturated carbocycles. The normalized spacial score (nSPS) is 13.1. The predicted octanol–water partition coefficient (Wildman–Crippen LogP) is 11.2. The highest BCUT2D eigenvalue weighted by Crippen LogP contribution is 2.62. The first-order valence-electron chi connectivity index (χ1n) is 17.2. The second kappa shape index (κ2) is 12.0. The summed E-state index contributed by atoms with van der Waals surface area (Å²) in [5.74, 6) is 1.90. The zero-order valence-electron chi connectivity index (χ0n) is 27.9. The Hall–Kier alpha value is -6.61. The molecule has 0 amide bonds. The number of hydrogen-bond donors (Lipinski definition) is 0. The molecule has 4 nitrogen and oxygen atoms in total. The van der Waals surface area contributed by atoms with E-state index < -0.39 is 5.41 Å². The Kier molecular flexibility index (Phi) is 6.99. The molecule has 10 rings (SSSR count). The maximum Gasteiger partial charge on any atom is 0.164 e.